The van der Waals surface area contributed by atoms with E-state index in [1.807, 2.05) is 24.6 Å². The Balaban J connectivity index is 1.95. The van der Waals surface area contributed by atoms with Gasteiger partial charge in [-0.2, -0.15) is 0 Å². The van der Waals surface area contributed by atoms with Gasteiger partial charge in [-0.1, -0.05) is 0 Å². The zero-order valence-corrected chi connectivity index (χ0v) is 14.4. The predicted octanol–water partition coefficient (Wildman–Crippen LogP) is 2.24. The lowest BCUT2D eigenvalue weighted by molar-refractivity contribution is -0.119. The number of anilines is 1. The molecule has 0 radical (unpaired) electrons. The summed E-state index contributed by atoms with van der Waals surface area (Å²) in [7, 11) is 3.59. The highest BCUT2D eigenvalue weighted by molar-refractivity contribution is 6.06. The normalized spacial score (nSPS) is 15.1. The molecule has 1 aliphatic rings. The van der Waals surface area contributed by atoms with Crippen LogP contribution in [0.1, 0.15) is 28.8 Å². The second-order valence-corrected chi connectivity index (χ2v) is 6.55. The molecule has 2 heterocycles. The molecule has 1 fully saturated rings. The van der Waals surface area contributed by atoms with Gasteiger partial charge >= 0.3 is 5.97 Å². The Bertz CT molecular complexity index is 803. The SMILES string of the molecule is Cc1cc(N(C)C(=O)CN2CCCC2)cc2c(C(=O)O)cn(C)c12. The molecule has 1 aliphatic heterocycles. The van der Waals surface area contributed by atoms with Crippen LogP contribution in [0.5, 0.6) is 0 Å². The average molecular weight is 329 g/mol. The molecule has 1 saturated heterocycles. The number of carboxylic acid groups (broad SMARTS) is 1. The lowest BCUT2D eigenvalue weighted by atomic mass is 10.1. The Kier molecular flexibility index (Phi) is 4.32. The Morgan fingerprint density at radius 2 is 1.92 bits per heavy atom. The van der Waals surface area contributed by atoms with Crippen molar-refractivity contribution in [3.05, 3.63) is 29.5 Å². The molecule has 0 unspecified atom stereocenters. The van der Waals surface area contributed by atoms with Gasteiger partial charge in [0.2, 0.25) is 5.91 Å². The van der Waals surface area contributed by atoms with E-state index in [2.05, 4.69) is 4.90 Å². The molecule has 3 rings (SSSR count). The number of carbonyl (C=O) groups is 2. The third-order valence-corrected chi connectivity index (χ3v) is 4.80. The lowest BCUT2D eigenvalue weighted by Gasteiger charge is -2.22. The van der Waals surface area contributed by atoms with Crippen LogP contribution < -0.4 is 4.90 Å². The van der Waals surface area contributed by atoms with Crippen molar-refractivity contribution in [2.24, 2.45) is 7.05 Å². The molecule has 128 valence electrons. The number of aromatic nitrogens is 1. The molecule has 24 heavy (non-hydrogen) atoms. The maximum atomic E-state index is 12.5. The summed E-state index contributed by atoms with van der Waals surface area (Å²) in [5.41, 5.74) is 2.84. The smallest absolute Gasteiger partial charge is 0.337 e. The van der Waals surface area contributed by atoms with Gasteiger partial charge in [0.25, 0.3) is 0 Å². The van der Waals surface area contributed by atoms with Crippen molar-refractivity contribution in [2.75, 3.05) is 31.6 Å². The first-order chi connectivity index (χ1) is 11.4. The van der Waals surface area contributed by atoms with Crippen LogP contribution >= 0.6 is 0 Å². The fourth-order valence-corrected chi connectivity index (χ4v) is 3.51. The van der Waals surface area contributed by atoms with Crippen LogP contribution in [-0.2, 0) is 11.8 Å². The fraction of sp³-hybridized carbons (Fsp3) is 0.444. The second-order valence-electron chi connectivity index (χ2n) is 6.55. The van der Waals surface area contributed by atoms with E-state index >= 15 is 0 Å². The monoisotopic (exact) mass is 329 g/mol. The fourth-order valence-electron chi connectivity index (χ4n) is 3.51. The zero-order chi connectivity index (χ0) is 17.4. The summed E-state index contributed by atoms with van der Waals surface area (Å²) < 4.78 is 1.82. The largest absolute Gasteiger partial charge is 0.478 e. The van der Waals surface area contributed by atoms with E-state index in [-0.39, 0.29) is 11.5 Å². The Morgan fingerprint density at radius 3 is 2.54 bits per heavy atom. The molecule has 0 saturated carbocycles. The molecule has 2 aromatic rings. The van der Waals surface area contributed by atoms with Crippen molar-refractivity contribution in [1.29, 1.82) is 0 Å². The lowest BCUT2D eigenvalue weighted by Crippen LogP contribution is -2.37. The first-order valence-corrected chi connectivity index (χ1v) is 8.20. The molecule has 6 nitrogen and oxygen atoms in total. The molecule has 0 aliphatic carbocycles. The van der Waals surface area contributed by atoms with Gasteiger partial charge in [0.1, 0.15) is 0 Å². The number of fused-ring (bicyclic) bond motifs is 1. The molecule has 1 aromatic heterocycles. The number of hydrogen-bond donors (Lipinski definition) is 1. The maximum Gasteiger partial charge on any atom is 0.337 e. The molecular formula is C18H23N3O3. The number of nitrogens with zero attached hydrogens (tertiary/aromatic N) is 3. The van der Waals surface area contributed by atoms with Crippen LogP contribution in [0.15, 0.2) is 18.3 Å². The van der Waals surface area contributed by atoms with Crippen molar-refractivity contribution in [3.8, 4) is 0 Å². The standard InChI is InChI=1S/C18H23N3O3/c1-12-8-13(20(3)16(22)11-21-6-4-5-7-21)9-14-15(18(23)24)10-19(2)17(12)14/h8-10H,4-7,11H2,1-3H3,(H,23,24). The number of likely N-dealkylation sites (tertiary alicyclic amines) is 1. The number of amides is 1. The van der Waals surface area contributed by atoms with Gasteiger partial charge in [0, 0.05) is 31.4 Å². The van der Waals surface area contributed by atoms with Crippen molar-refractivity contribution < 1.29 is 14.7 Å². The molecule has 0 atom stereocenters. The van der Waals surface area contributed by atoms with E-state index in [0.717, 1.165) is 42.7 Å². The summed E-state index contributed by atoms with van der Waals surface area (Å²) in [5, 5.41) is 10.1. The van der Waals surface area contributed by atoms with Gasteiger partial charge in [0.05, 0.1) is 17.6 Å². The summed E-state index contributed by atoms with van der Waals surface area (Å²) in [4.78, 5) is 27.8. The highest BCUT2D eigenvalue weighted by atomic mass is 16.4. The molecule has 1 amide bonds. The van der Waals surface area contributed by atoms with Crippen LogP contribution in [0.25, 0.3) is 10.9 Å². The number of aromatic carboxylic acids is 1. The first-order valence-electron chi connectivity index (χ1n) is 8.20. The summed E-state index contributed by atoms with van der Waals surface area (Å²) in [6.45, 7) is 4.30. The van der Waals surface area contributed by atoms with Gasteiger partial charge < -0.3 is 14.6 Å². The number of carbonyl (C=O) groups excluding carboxylic acids is 1. The van der Waals surface area contributed by atoms with Gasteiger partial charge in [-0.05, 0) is 50.6 Å². The van der Waals surface area contributed by atoms with E-state index in [1.54, 1.807) is 24.2 Å². The van der Waals surface area contributed by atoms with E-state index in [0.29, 0.717) is 11.9 Å². The quantitative estimate of drug-likeness (QED) is 0.934. The van der Waals surface area contributed by atoms with Crippen LogP contribution in [0.4, 0.5) is 5.69 Å². The number of hydrogen-bond acceptors (Lipinski definition) is 3. The van der Waals surface area contributed by atoms with Crippen molar-refractivity contribution >= 4 is 28.5 Å². The molecule has 6 heteroatoms. The van der Waals surface area contributed by atoms with Crippen LogP contribution in [0, 0.1) is 6.92 Å². The van der Waals surface area contributed by atoms with E-state index in [9.17, 15) is 14.7 Å². The predicted molar refractivity (Wildman–Crippen MR) is 93.7 cm³/mol. The number of benzene rings is 1. The van der Waals surface area contributed by atoms with Crippen molar-refractivity contribution in [3.63, 3.8) is 0 Å². The van der Waals surface area contributed by atoms with Crippen LogP contribution in [0.3, 0.4) is 0 Å². The minimum Gasteiger partial charge on any atom is -0.478 e. The summed E-state index contributed by atoms with van der Waals surface area (Å²) >= 11 is 0. The second kappa shape index (κ2) is 6.28. The van der Waals surface area contributed by atoms with Gasteiger partial charge in [-0.3, -0.25) is 9.69 Å². The Morgan fingerprint density at radius 1 is 1.25 bits per heavy atom. The number of aryl methyl sites for hydroxylation is 2. The molecule has 0 spiro atoms. The highest BCUT2D eigenvalue weighted by Crippen LogP contribution is 2.29. The highest BCUT2D eigenvalue weighted by Gasteiger charge is 2.21. The van der Waals surface area contributed by atoms with Crippen LogP contribution in [-0.4, -0.2) is 53.1 Å². The minimum absolute atomic E-state index is 0.0310. The van der Waals surface area contributed by atoms with E-state index in [4.69, 9.17) is 0 Å². The summed E-state index contributed by atoms with van der Waals surface area (Å²) in [6, 6.07) is 3.74. The van der Waals surface area contributed by atoms with Crippen molar-refractivity contribution in [1.82, 2.24) is 9.47 Å². The topological polar surface area (TPSA) is 65.8 Å². The number of carboxylic acids is 1. The summed E-state index contributed by atoms with van der Waals surface area (Å²) in [6.07, 6.45) is 3.91. The van der Waals surface area contributed by atoms with Crippen LogP contribution in [0.2, 0.25) is 0 Å². The molecule has 0 bridgehead atoms. The van der Waals surface area contributed by atoms with Gasteiger partial charge in [-0.15, -0.1) is 0 Å². The molecular weight excluding hydrogens is 306 g/mol. The van der Waals surface area contributed by atoms with Gasteiger partial charge in [0.15, 0.2) is 0 Å². The van der Waals surface area contributed by atoms with E-state index in [1.165, 1.54) is 0 Å². The first kappa shape index (κ1) is 16.5. The van der Waals surface area contributed by atoms with E-state index < -0.39 is 5.97 Å². The molecule has 1 N–H and O–H groups in total. The Labute approximate surface area is 141 Å². The number of rotatable bonds is 4. The maximum absolute atomic E-state index is 12.5. The van der Waals surface area contributed by atoms with Gasteiger partial charge in [-0.25, -0.2) is 4.79 Å². The molecule has 1 aromatic carbocycles. The Hall–Kier alpha value is -2.34. The summed E-state index contributed by atoms with van der Waals surface area (Å²) in [5.74, 6) is -0.924. The third-order valence-electron chi connectivity index (χ3n) is 4.80. The average Bonchev–Trinajstić information content (AvgIpc) is 3.14. The zero-order valence-electron chi connectivity index (χ0n) is 14.4. The van der Waals surface area contributed by atoms with Crippen molar-refractivity contribution in [2.45, 2.75) is 19.8 Å². The number of likely N-dealkylation sites (N-methyl/N-ethyl adjacent to an activating group) is 1. The minimum atomic E-state index is -0.955. The third kappa shape index (κ3) is 2.89.